The highest BCUT2D eigenvalue weighted by atomic mass is 16.5. The monoisotopic (exact) mass is 281 g/mol. The highest BCUT2D eigenvalue weighted by Crippen LogP contribution is 2.27. The third kappa shape index (κ3) is 4.62. The van der Waals surface area contributed by atoms with Crippen LogP contribution in [0.1, 0.15) is 69.8 Å². The Morgan fingerprint density at radius 2 is 1.95 bits per heavy atom. The summed E-state index contributed by atoms with van der Waals surface area (Å²) in [5.41, 5.74) is 0.115. The Labute approximate surface area is 121 Å². The topological polar surface area (TPSA) is 57.0 Å². The van der Waals surface area contributed by atoms with E-state index in [1.165, 1.54) is 19.3 Å². The van der Waals surface area contributed by atoms with Crippen LogP contribution in [0.4, 0.5) is 0 Å². The summed E-state index contributed by atoms with van der Waals surface area (Å²) in [6.45, 7) is 11.4. The molecule has 20 heavy (non-hydrogen) atoms. The molecule has 0 atom stereocenters. The van der Waals surface area contributed by atoms with E-state index in [2.05, 4.69) is 31.0 Å². The van der Waals surface area contributed by atoms with Gasteiger partial charge in [-0.15, -0.1) is 10.2 Å². The van der Waals surface area contributed by atoms with Crippen molar-refractivity contribution in [1.82, 2.24) is 14.8 Å². The molecule has 0 radical (unpaired) electrons. The van der Waals surface area contributed by atoms with Gasteiger partial charge in [-0.1, -0.05) is 40.0 Å². The summed E-state index contributed by atoms with van der Waals surface area (Å²) in [6.07, 6.45) is 4.80. The average Bonchev–Trinajstić information content (AvgIpc) is 2.71. The zero-order chi connectivity index (χ0) is 15.2. The quantitative estimate of drug-likeness (QED) is 0.541. The number of carbonyl (C=O) groups excluding carboxylic acids is 1. The number of esters is 1. The molecule has 0 aliphatic rings. The number of hydrogen-bond acceptors (Lipinski definition) is 4. The van der Waals surface area contributed by atoms with Crippen LogP contribution < -0.4 is 0 Å². The lowest BCUT2D eigenvalue weighted by Crippen LogP contribution is -2.24. The zero-order valence-electron chi connectivity index (χ0n) is 13.4. The molecule has 5 nitrogen and oxygen atoms in total. The molecule has 0 N–H and O–H groups in total. The minimum atomic E-state index is -0.391. The van der Waals surface area contributed by atoms with Gasteiger partial charge >= 0.3 is 5.97 Å². The van der Waals surface area contributed by atoms with Gasteiger partial charge in [0.25, 0.3) is 0 Å². The van der Waals surface area contributed by atoms with Crippen LogP contribution in [-0.2, 0) is 11.3 Å². The zero-order valence-corrected chi connectivity index (χ0v) is 13.4. The summed E-state index contributed by atoms with van der Waals surface area (Å²) < 4.78 is 6.91. The molecular formula is C15H27N3O2. The van der Waals surface area contributed by atoms with E-state index in [0.717, 1.165) is 18.8 Å². The third-order valence-corrected chi connectivity index (χ3v) is 3.44. The molecule has 0 saturated heterocycles. The number of rotatable bonds is 8. The molecule has 114 valence electrons. The van der Waals surface area contributed by atoms with Crippen molar-refractivity contribution in [3.63, 3.8) is 0 Å². The van der Waals surface area contributed by atoms with E-state index < -0.39 is 5.97 Å². The van der Waals surface area contributed by atoms with E-state index >= 15 is 0 Å². The first-order valence-corrected chi connectivity index (χ1v) is 7.48. The normalized spacial score (nSPS) is 11.7. The largest absolute Gasteiger partial charge is 0.460 e. The predicted octanol–water partition coefficient (Wildman–Crippen LogP) is 3.37. The molecular weight excluding hydrogens is 254 g/mol. The summed E-state index contributed by atoms with van der Waals surface area (Å²) >= 11 is 0. The lowest BCUT2D eigenvalue weighted by atomic mass is 9.86. The molecule has 1 rings (SSSR count). The van der Waals surface area contributed by atoms with Crippen LogP contribution in [0.3, 0.4) is 0 Å². The van der Waals surface area contributed by atoms with Gasteiger partial charge in [-0.25, -0.2) is 4.79 Å². The second-order valence-electron chi connectivity index (χ2n) is 6.00. The fourth-order valence-electron chi connectivity index (χ4n) is 2.28. The van der Waals surface area contributed by atoms with Crippen LogP contribution in [0, 0.1) is 12.3 Å². The molecule has 5 heteroatoms. The Hall–Kier alpha value is -1.39. The van der Waals surface area contributed by atoms with Gasteiger partial charge in [-0.3, -0.25) is 0 Å². The minimum Gasteiger partial charge on any atom is -0.460 e. The lowest BCUT2D eigenvalue weighted by Gasteiger charge is -2.26. The van der Waals surface area contributed by atoms with Crippen LogP contribution in [-0.4, -0.2) is 27.3 Å². The maximum atomic E-state index is 11.9. The first-order valence-electron chi connectivity index (χ1n) is 7.48. The van der Waals surface area contributed by atoms with Crippen molar-refractivity contribution in [3.8, 4) is 0 Å². The van der Waals surface area contributed by atoms with E-state index in [0.29, 0.717) is 12.4 Å². The maximum Gasteiger partial charge on any atom is 0.376 e. The second-order valence-corrected chi connectivity index (χ2v) is 6.00. The summed E-state index contributed by atoms with van der Waals surface area (Å²) in [5.74, 6) is 0.682. The Balaban J connectivity index is 2.80. The van der Waals surface area contributed by atoms with Crippen LogP contribution in [0.25, 0.3) is 0 Å². The number of carbonyl (C=O) groups is 1. The summed E-state index contributed by atoms with van der Waals surface area (Å²) in [5, 5.41) is 7.97. The van der Waals surface area contributed by atoms with E-state index in [4.69, 9.17) is 4.74 Å². The van der Waals surface area contributed by atoms with Crippen molar-refractivity contribution in [2.24, 2.45) is 5.41 Å². The summed E-state index contributed by atoms with van der Waals surface area (Å²) in [7, 11) is 0. The fraction of sp³-hybridized carbons (Fsp3) is 0.800. The third-order valence-electron chi connectivity index (χ3n) is 3.44. The van der Waals surface area contributed by atoms with Gasteiger partial charge in [0.15, 0.2) is 0 Å². The number of unbranched alkanes of at least 4 members (excludes halogenated alkanes) is 2. The van der Waals surface area contributed by atoms with Crippen LogP contribution >= 0.6 is 0 Å². The number of ether oxygens (including phenoxy) is 1. The van der Waals surface area contributed by atoms with Gasteiger partial charge in [0.1, 0.15) is 5.82 Å². The van der Waals surface area contributed by atoms with Crippen molar-refractivity contribution in [3.05, 3.63) is 11.6 Å². The number of hydrogen-bond donors (Lipinski definition) is 0. The summed E-state index contributed by atoms with van der Waals surface area (Å²) in [4.78, 5) is 11.9. The summed E-state index contributed by atoms with van der Waals surface area (Å²) in [6, 6.07) is 0. The molecule has 1 heterocycles. The van der Waals surface area contributed by atoms with Gasteiger partial charge in [0, 0.05) is 6.54 Å². The van der Waals surface area contributed by atoms with E-state index in [-0.39, 0.29) is 5.41 Å². The average molecular weight is 281 g/mol. The maximum absolute atomic E-state index is 11.9. The van der Waals surface area contributed by atoms with E-state index in [9.17, 15) is 4.79 Å². The molecule has 0 bridgehead atoms. The van der Waals surface area contributed by atoms with Gasteiger partial charge in [0.05, 0.1) is 6.61 Å². The van der Waals surface area contributed by atoms with Crippen molar-refractivity contribution in [2.45, 2.75) is 66.8 Å². The SMILES string of the molecule is CCCCCC(C)(C)Cn1c(C)nnc1C(=O)OCC. The molecule has 0 aliphatic heterocycles. The van der Waals surface area contributed by atoms with Crippen LogP contribution in [0.2, 0.25) is 0 Å². The van der Waals surface area contributed by atoms with Crippen molar-refractivity contribution < 1.29 is 9.53 Å². The number of aromatic nitrogens is 3. The molecule has 0 aliphatic carbocycles. The number of aryl methyl sites for hydroxylation is 1. The first-order chi connectivity index (χ1) is 9.41. The molecule has 0 spiro atoms. The lowest BCUT2D eigenvalue weighted by molar-refractivity contribution is 0.0502. The van der Waals surface area contributed by atoms with Crippen LogP contribution in [0.5, 0.6) is 0 Å². The van der Waals surface area contributed by atoms with Gasteiger partial charge in [-0.05, 0) is 25.7 Å². The molecule has 1 aromatic rings. The molecule has 0 fully saturated rings. The van der Waals surface area contributed by atoms with Gasteiger partial charge in [0.2, 0.25) is 5.82 Å². The van der Waals surface area contributed by atoms with Crippen LogP contribution in [0.15, 0.2) is 0 Å². The van der Waals surface area contributed by atoms with Crippen molar-refractivity contribution in [1.29, 1.82) is 0 Å². The first kappa shape index (κ1) is 16.7. The van der Waals surface area contributed by atoms with Gasteiger partial charge < -0.3 is 9.30 Å². The van der Waals surface area contributed by atoms with E-state index in [1.54, 1.807) is 6.92 Å². The Kier molecular flexibility index (Phi) is 6.17. The highest BCUT2D eigenvalue weighted by Gasteiger charge is 2.24. The Bertz CT molecular complexity index is 438. The predicted molar refractivity (Wildman–Crippen MR) is 78.6 cm³/mol. The number of nitrogens with zero attached hydrogens (tertiary/aromatic N) is 3. The molecule has 1 aromatic heterocycles. The Morgan fingerprint density at radius 3 is 2.55 bits per heavy atom. The molecule has 0 amide bonds. The fourth-order valence-corrected chi connectivity index (χ4v) is 2.28. The molecule has 0 saturated carbocycles. The Morgan fingerprint density at radius 1 is 1.25 bits per heavy atom. The van der Waals surface area contributed by atoms with Crippen molar-refractivity contribution >= 4 is 5.97 Å². The second kappa shape index (κ2) is 7.41. The van der Waals surface area contributed by atoms with Gasteiger partial charge in [-0.2, -0.15) is 0 Å². The standard InChI is InChI=1S/C15H27N3O2/c1-6-8-9-10-15(4,5)11-18-12(3)16-17-13(18)14(19)20-7-2/h6-11H2,1-5H3. The smallest absolute Gasteiger partial charge is 0.376 e. The molecule has 0 aromatic carbocycles. The van der Waals surface area contributed by atoms with E-state index in [1.807, 2.05) is 11.5 Å². The highest BCUT2D eigenvalue weighted by molar-refractivity contribution is 5.85. The molecule has 0 unspecified atom stereocenters. The van der Waals surface area contributed by atoms with Crippen molar-refractivity contribution in [2.75, 3.05) is 6.61 Å². The minimum absolute atomic E-state index is 0.115.